The molecule has 0 radical (unpaired) electrons. The van der Waals surface area contributed by atoms with Crippen LogP contribution >= 0.6 is 11.8 Å². The molecule has 0 saturated heterocycles. The smallest absolute Gasteiger partial charge is 0.273 e. The first-order chi connectivity index (χ1) is 12.5. The highest BCUT2D eigenvalue weighted by Gasteiger charge is 2.16. The van der Waals surface area contributed by atoms with Crippen LogP contribution in [-0.4, -0.2) is 27.6 Å². The Morgan fingerprint density at radius 2 is 2.00 bits per heavy atom. The van der Waals surface area contributed by atoms with Crippen molar-refractivity contribution in [3.63, 3.8) is 0 Å². The fourth-order valence-corrected chi connectivity index (χ4v) is 3.25. The van der Waals surface area contributed by atoms with Gasteiger partial charge < -0.3 is 8.98 Å². The predicted octanol–water partition coefficient (Wildman–Crippen LogP) is 2.57. The predicted molar refractivity (Wildman–Crippen MR) is 101 cm³/mol. The van der Waals surface area contributed by atoms with Crippen molar-refractivity contribution in [1.82, 2.24) is 20.4 Å². The van der Waals surface area contributed by atoms with E-state index in [1.807, 2.05) is 35.1 Å². The van der Waals surface area contributed by atoms with E-state index in [1.165, 1.54) is 0 Å². The van der Waals surface area contributed by atoms with Crippen molar-refractivity contribution in [2.45, 2.75) is 26.1 Å². The van der Waals surface area contributed by atoms with Gasteiger partial charge in [-0.2, -0.15) is 11.8 Å². The number of imidazole rings is 1. The van der Waals surface area contributed by atoms with Crippen molar-refractivity contribution in [1.29, 1.82) is 0 Å². The lowest BCUT2D eigenvalue weighted by Crippen LogP contribution is -2.43. The van der Waals surface area contributed by atoms with Crippen molar-refractivity contribution >= 4 is 34.6 Å². The zero-order chi connectivity index (χ0) is 18.7. The number of carbonyl (C=O) groups is 2. The zero-order valence-corrected chi connectivity index (χ0v) is 15.6. The summed E-state index contributed by atoms with van der Waals surface area (Å²) in [7, 11) is 0. The Hall–Kier alpha value is -2.74. The van der Waals surface area contributed by atoms with Gasteiger partial charge in [-0.1, -0.05) is 12.1 Å². The number of hydrazine groups is 1. The quantitative estimate of drug-likeness (QED) is 0.672. The normalized spacial score (nSPS) is 10.9. The second-order valence-corrected chi connectivity index (χ2v) is 6.73. The SMILES string of the molecule is CSCc1nc2ccccc2n1CC(=O)NNC(=O)c1cc(C)oc1C. The number of thioether (sulfide) groups is 1. The second-order valence-electron chi connectivity index (χ2n) is 5.87. The lowest BCUT2D eigenvalue weighted by atomic mass is 10.2. The maximum absolute atomic E-state index is 12.3. The summed E-state index contributed by atoms with van der Waals surface area (Å²) in [4.78, 5) is 29.1. The molecule has 0 saturated carbocycles. The van der Waals surface area contributed by atoms with E-state index in [4.69, 9.17) is 4.42 Å². The first-order valence-electron chi connectivity index (χ1n) is 8.09. The molecule has 0 spiro atoms. The second kappa shape index (κ2) is 7.65. The molecule has 0 bridgehead atoms. The topological polar surface area (TPSA) is 89.2 Å². The number of furan rings is 1. The molecule has 3 aromatic rings. The van der Waals surface area contributed by atoms with Gasteiger partial charge in [0.15, 0.2) is 0 Å². The molecule has 136 valence electrons. The van der Waals surface area contributed by atoms with Gasteiger partial charge in [0.1, 0.15) is 23.9 Å². The highest BCUT2D eigenvalue weighted by Crippen LogP contribution is 2.18. The molecule has 3 rings (SSSR count). The lowest BCUT2D eigenvalue weighted by molar-refractivity contribution is -0.122. The standard InChI is InChI=1S/C18H20N4O3S/c1-11-8-13(12(2)25-11)18(24)21-20-17(23)9-22-15-7-5-4-6-14(15)19-16(22)10-26-3/h4-8H,9-10H2,1-3H3,(H,20,23)(H,21,24). The molecule has 2 N–H and O–H groups in total. The van der Waals surface area contributed by atoms with Crippen molar-refractivity contribution in [3.8, 4) is 0 Å². The van der Waals surface area contributed by atoms with E-state index in [-0.39, 0.29) is 12.5 Å². The highest BCUT2D eigenvalue weighted by atomic mass is 32.2. The minimum Gasteiger partial charge on any atom is -0.466 e. The van der Waals surface area contributed by atoms with Crippen LogP contribution in [0.25, 0.3) is 11.0 Å². The fraction of sp³-hybridized carbons (Fsp3) is 0.278. The molecule has 0 unspecified atom stereocenters. The largest absolute Gasteiger partial charge is 0.466 e. The molecule has 0 atom stereocenters. The van der Waals surface area contributed by atoms with Gasteiger partial charge in [-0.05, 0) is 38.3 Å². The lowest BCUT2D eigenvalue weighted by Gasteiger charge is -2.10. The Balaban J connectivity index is 1.70. The number of nitrogens with zero attached hydrogens (tertiary/aromatic N) is 2. The van der Waals surface area contributed by atoms with Gasteiger partial charge in [-0.25, -0.2) is 4.98 Å². The van der Waals surface area contributed by atoms with E-state index in [9.17, 15) is 9.59 Å². The summed E-state index contributed by atoms with van der Waals surface area (Å²) in [5, 5.41) is 0. The van der Waals surface area contributed by atoms with Gasteiger partial charge in [0.25, 0.3) is 11.8 Å². The molecule has 2 heterocycles. The summed E-state index contributed by atoms with van der Waals surface area (Å²) >= 11 is 1.64. The number of rotatable bonds is 5. The molecule has 1 aromatic carbocycles. The maximum atomic E-state index is 12.3. The summed E-state index contributed by atoms with van der Waals surface area (Å²) in [5.41, 5.74) is 7.02. The van der Waals surface area contributed by atoms with Crippen LogP contribution in [0.3, 0.4) is 0 Å². The van der Waals surface area contributed by atoms with E-state index in [2.05, 4.69) is 15.8 Å². The number of aryl methyl sites for hydroxylation is 2. The Labute approximate surface area is 155 Å². The van der Waals surface area contributed by atoms with Crippen LogP contribution in [0.5, 0.6) is 0 Å². The molecule has 0 aliphatic rings. The highest BCUT2D eigenvalue weighted by molar-refractivity contribution is 7.97. The summed E-state index contributed by atoms with van der Waals surface area (Å²) in [6.45, 7) is 3.54. The minimum atomic E-state index is -0.410. The molecule has 7 nitrogen and oxygen atoms in total. The third kappa shape index (κ3) is 3.75. The van der Waals surface area contributed by atoms with E-state index in [1.54, 1.807) is 31.7 Å². The van der Waals surface area contributed by atoms with Gasteiger partial charge in [0.05, 0.1) is 22.3 Å². The fourth-order valence-electron chi connectivity index (χ4n) is 2.77. The molecule has 2 amide bonds. The summed E-state index contributed by atoms with van der Waals surface area (Å²) in [6.07, 6.45) is 1.99. The third-order valence-corrected chi connectivity index (χ3v) is 4.46. The van der Waals surface area contributed by atoms with Crippen molar-refractivity contribution in [3.05, 3.63) is 53.2 Å². The van der Waals surface area contributed by atoms with Crippen LogP contribution in [0.2, 0.25) is 0 Å². The molecule has 8 heteroatoms. The minimum absolute atomic E-state index is 0.0695. The van der Waals surface area contributed by atoms with Crippen LogP contribution < -0.4 is 10.9 Å². The van der Waals surface area contributed by atoms with Gasteiger partial charge >= 0.3 is 0 Å². The van der Waals surface area contributed by atoms with E-state index < -0.39 is 5.91 Å². The molecule has 0 fully saturated rings. The summed E-state index contributed by atoms with van der Waals surface area (Å²) in [6, 6.07) is 9.30. The molecule has 26 heavy (non-hydrogen) atoms. The van der Waals surface area contributed by atoms with Crippen LogP contribution in [0, 0.1) is 13.8 Å². The average molecular weight is 372 g/mol. The number of hydrogen-bond acceptors (Lipinski definition) is 5. The van der Waals surface area contributed by atoms with Crippen LogP contribution in [-0.2, 0) is 17.1 Å². The zero-order valence-electron chi connectivity index (χ0n) is 14.8. The Bertz CT molecular complexity index is 961. The Morgan fingerprint density at radius 1 is 1.23 bits per heavy atom. The third-order valence-electron chi connectivity index (χ3n) is 3.91. The number of benzene rings is 1. The number of fused-ring (bicyclic) bond motifs is 1. The monoisotopic (exact) mass is 372 g/mol. The average Bonchev–Trinajstić information content (AvgIpc) is 3.13. The molecular formula is C18H20N4O3S. The molecule has 2 aromatic heterocycles. The van der Waals surface area contributed by atoms with Crippen LogP contribution in [0.4, 0.5) is 0 Å². The Morgan fingerprint density at radius 3 is 2.69 bits per heavy atom. The van der Waals surface area contributed by atoms with Crippen molar-refractivity contribution in [2.75, 3.05) is 6.26 Å². The van der Waals surface area contributed by atoms with E-state index >= 15 is 0 Å². The summed E-state index contributed by atoms with van der Waals surface area (Å²) in [5.74, 6) is 1.93. The first-order valence-corrected chi connectivity index (χ1v) is 9.48. The first kappa shape index (κ1) is 18.1. The molecular weight excluding hydrogens is 352 g/mol. The van der Waals surface area contributed by atoms with Gasteiger partial charge in [0.2, 0.25) is 0 Å². The Kier molecular flexibility index (Phi) is 5.32. The van der Waals surface area contributed by atoms with E-state index in [0.29, 0.717) is 22.8 Å². The van der Waals surface area contributed by atoms with E-state index in [0.717, 1.165) is 16.9 Å². The number of nitrogens with one attached hydrogen (secondary N) is 2. The number of carbonyl (C=O) groups excluding carboxylic acids is 2. The van der Waals surface area contributed by atoms with Crippen LogP contribution in [0.15, 0.2) is 34.7 Å². The molecule has 0 aliphatic heterocycles. The van der Waals surface area contributed by atoms with Crippen molar-refractivity contribution < 1.29 is 14.0 Å². The van der Waals surface area contributed by atoms with Crippen molar-refractivity contribution in [2.24, 2.45) is 0 Å². The number of hydrogen-bond donors (Lipinski definition) is 2. The van der Waals surface area contributed by atoms with Gasteiger partial charge in [-0.3, -0.25) is 20.4 Å². The van der Waals surface area contributed by atoms with Crippen LogP contribution in [0.1, 0.15) is 27.7 Å². The van der Waals surface area contributed by atoms with Gasteiger partial charge in [0, 0.05) is 0 Å². The summed E-state index contributed by atoms with van der Waals surface area (Å²) < 4.78 is 7.19. The number of amides is 2. The molecule has 0 aliphatic carbocycles. The van der Waals surface area contributed by atoms with Gasteiger partial charge in [-0.15, -0.1) is 0 Å². The maximum Gasteiger partial charge on any atom is 0.273 e. The number of para-hydroxylation sites is 2. The number of aromatic nitrogens is 2.